The fraction of sp³-hybridized carbons (Fsp3) is 0.647. The number of aliphatic hydroxyl groups excluding tert-OH is 1. The minimum Gasteiger partial charge on any atom is -0.461 e. The predicted molar refractivity (Wildman–Crippen MR) is 80.4 cm³/mol. The van der Waals surface area contributed by atoms with Crippen LogP contribution in [0.1, 0.15) is 33.1 Å². The first-order chi connectivity index (χ1) is 10.8. The maximum atomic E-state index is 11.8. The summed E-state index contributed by atoms with van der Waals surface area (Å²) in [5.41, 5.74) is 0.766. The Morgan fingerprint density at radius 1 is 1.57 bits per heavy atom. The maximum Gasteiger partial charge on any atom is 0.334 e. The topological polar surface area (TPSA) is 85.4 Å². The number of carbonyl (C=O) groups is 2. The molecular formula is C17H22O6. The van der Waals surface area contributed by atoms with Gasteiger partial charge in [0.1, 0.15) is 12.7 Å². The summed E-state index contributed by atoms with van der Waals surface area (Å²) in [6.45, 7) is 7.24. The molecule has 3 aliphatic rings. The summed E-state index contributed by atoms with van der Waals surface area (Å²) in [6.07, 6.45) is 2.42. The molecular weight excluding hydrogens is 300 g/mol. The van der Waals surface area contributed by atoms with Crippen LogP contribution >= 0.6 is 0 Å². The number of rotatable bonds is 2. The van der Waals surface area contributed by atoms with Crippen molar-refractivity contribution >= 4 is 11.9 Å². The van der Waals surface area contributed by atoms with Gasteiger partial charge < -0.3 is 19.3 Å². The lowest BCUT2D eigenvalue weighted by atomic mass is 9.83. The third-order valence-electron chi connectivity index (χ3n) is 4.93. The second-order valence-corrected chi connectivity index (χ2v) is 6.75. The lowest BCUT2D eigenvalue weighted by Crippen LogP contribution is -2.33. The molecule has 0 bridgehead atoms. The number of ether oxygens (including phenoxy) is 3. The Bertz CT molecular complexity index is 580. The van der Waals surface area contributed by atoms with Gasteiger partial charge in [0.15, 0.2) is 0 Å². The van der Waals surface area contributed by atoms with Crippen molar-refractivity contribution < 1.29 is 28.9 Å². The van der Waals surface area contributed by atoms with Crippen LogP contribution in [0.15, 0.2) is 23.8 Å². The minimum absolute atomic E-state index is 0.0895. The van der Waals surface area contributed by atoms with E-state index in [4.69, 9.17) is 14.2 Å². The molecule has 5 unspecified atom stereocenters. The molecule has 0 aromatic rings. The van der Waals surface area contributed by atoms with Crippen LogP contribution in [0.2, 0.25) is 0 Å². The molecule has 0 radical (unpaired) electrons. The fourth-order valence-corrected chi connectivity index (χ4v) is 3.54. The Kier molecular flexibility index (Phi) is 4.06. The zero-order chi connectivity index (χ0) is 16.8. The highest BCUT2D eigenvalue weighted by molar-refractivity contribution is 5.91. The molecule has 2 fully saturated rings. The van der Waals surface area contributed by atoms with E-state index in [1.165, 1.54) is 6.92 Å². The van der Waals surface area contributed by atoms with Gasteiger partial charge >= 0.3 is 11.9 Å². The monoisotopic (exact) mass is 322 g/mol. The summed E-state index contributed by atoms with van der Waals surface area (Å²) in [4.78, 5) is 22.9. The Morgan fingerprint density at radius 2 is 2.30 bits per heavy atom. The van der Waals surface area contributed by atoms with Crippen molar-refractivity contribution in [1.29, 1.82) is 0 Å². The number of fused-ring (bicyclic) bond motifs is 2. The van der Waals surface area contributed by atoms with Crippen LogP contribution in [0.5, 0.6) is 0 Å². The number of hydrogen-bond acceptors (Lipinski definition) is 6. The molecule has 6 heteroatoms. The summed E-state index contributed by atoms with van der Waals surface area (Å²) in [5, 5.41) is 10.6. The van der Waals surface area contributed by atoms with E-state index < -0.39 is 24.1 Å². The van der Waals surface area contributed by atoms with Crippen molar-refractivity contribution in [3.05, 3.63) is 23.8 Å². The van der Waals surface area contributed by atoms with Crippen LogP contribution in [-0.4, -0.2) is 47.6 Å². The second-order valence-electron chi connectivity index (χ2n) is 6.75. The summed E-state index contributed by atoms with van der Waals surface area (Å²) in [7, 11) is 0. The zero-order valence-electron chi connectivity index (χ0n) is 13.4. The summed E-state index contributed by atoms with van der Waals surface area (Å²) in [6, 6.07) is 0. The molecule has 23 heavy (non-hydrogen) atoms. The summed E-state index contributed by atoms with van der Waals surface area (Å²) in [5.74, 6) is -1.32. The molecule has 1 aliphatic carbocycles. The normalized spacial score (nSPS) is 39.7. The smallest absolute Gasteiger partial charge is 0.334 e. The van der Waals surface area contributed by atoms with Crippen molar-refractivity contribution in [1.82, 2.24) is 0 Å². The molecule has 0 amide bonds. The van der Waals surface area contributed by atoms with Crippen molar-refractivity contribution in [2.24, 2.45) is 5.92 Å². The number of epoxide rings is 1. The molecule has 0 spiro atoms. The molecule has 6 nitrogen and oxygen atoms in total. The number of esters is 2. The van der Waals surface area contributed by atoms with Gasteiger partial charge in [-0.05, 0) is 25.3 Å². The Balaban J connectivity index is 1.85. The number of aliphatic hydroxyl groups is 1. The van der Waals surface area contributed by atoms with E-state index in [9.17, 15) is 14.7 Å². The van der Waals surface area contributed by atoms with Gasteiger partial charge in [-0.2, -0.15) is 0 Å². The highest BCUT2D eigenvalue weighted by atomic mass is 16.6. The number of carbonyl (C=O) groups excluding carboxylic acids is 2. The van der Waals surface area contributed by atoms with Gasteiger partial charge in [-0.1, -0.05) is 12.7 Å². The van der Waals surface area contributed by atoms with Gasteiger partial charge in [0, 0.05) is 18.9 Å². The largest absolute Gasteiger partial charge is 0.461 e. The van der Waals surface area contributed by atoms with E-state index >= 15 is 0 Å². The van der Waals surface area contributed by atoms with Crippen LogP contribution in [-0.2, 0) is 23.8 Å². The quantitative estimate of drug-likeness (QED) is 0.357. The molecule has 2 saturated heterocycles. The van der Waals surface area contributed by atoms with Crippen LogP contribution in [0.4, 0.5) is 0 Å². The fourth-order valence-electron chi connectivity index (χ4n) is 3.54. The SMILES string of the molecule is C=C1C(=O)OC2CC3(C)OC3CCC(COC(C)=O)=CC(O)C12. The van der Waals surface area contributed by atoms with Crippen molar-refractivity contribution in [2.75, 3.05) is 6.61 Å². The predicted octanol–water partition coefficient (Wildman–Crippen LogP) is 1.28. The maximum absolute atomic E-state index is 11.8. The molecule has 2 aliphatic heterocycles. The number of hydrogen-bond donors (Lipinski definition) is 1. The lowest BCUT2D eigenvalue weighted by Gasteiger charge is -2.24. The zero-order valence-corrected chi connectivity index (χ0v) is 13.4. The highest BCUT2D eigenvalue weighted by Crippen LogP contribution is 2.47. The molecule has 1 N–H and O–H groups in total. The third kappa shape index (κ3) is 3.19. The van der Waals surface area contributed by atoms with E-state index in [-0.39, 0.29) is 29.9 Å². The van der Waals surface area contributed by atoms with E-state index in [2.05, 4.69) is 6.58 Å². The molecule has 0 aromatic carbocycles. The van der Waals surface area contributed by atoms with E-state index in [0.717, 1.165) is 12.0 Å². The van der Waals surface area contributed by atoms with Crippen LogP contribution < -0.4 is 0 Å². The van der Waals surface area contributed by atoms with Crippen LogP contribution in [0.3, 0.4) is 0 Å². The van der Waals surface area contributed by atoms with Gasteiger partial charge in [0.25, 0.3) is 0 Å². The van der Waals surface area contributed by atoms with Gasteiger partial charge in [-0.25, -0.2) is 4.79 Å². The molecule has 0 aromatic heterocycles. The first-order valence-corrected chi connectivity index (χ1v) is 7.89. The van der Waals surface area contributed by atoms with E-state index in [1.807, 2.05) is 6.92 Å². The lowest BCUT2D eigenvalue weighted by molar-refractivity contribution is -0.141. The van der Waals surface area contributed by atoms with Gasteiger partial charge in [-0.3, -0.25) is 4.79 Å². The van der Waals surface area contributed by atoms with E-state index in [1.54, 1.807) is 6.08 Å². The van der Waals surface area contributed by atoms with Gasteiger partial charge in [0.2, 0.25) is 0 Å². The van der Waals surface area contributed by atoms with Gasteiger partial charge in [-0.15, -0.1) is 0 Å². The molecule has 126 valence electrons. The Morgan fingerprint density at radius 3 is 3.00 bits per heavy atom. The van der Waals surface area contributed by atoms with Crippen molar-refractivity contribution in [3.8, 4) is 0 Å². The van der Waals surface area contributed by atoms with Crippen molar-refractivity contribution in [2.45, 2.75) is 57.0 Å². The minimum atomic E-state index is -0.900. The second kappa shape index (κ2) is 5.76. The van der Waals surface area contributed by atoms with E-state index in [0.29, 0.717) is 12.8 Å². The Hall–Kier alpha value is -1.66. The first kappa shape index (κ1) is 16.2. The average molecular weight is 322 g/mol. The van der Waals surface area contributed by atoms with Crippen LogP contribution in [0, 0.1) is 5.92 Å². The van der Waals surface area contributed by atoms with Crippen LogP contribution in [0.25, 0.3) is 0 Å². The first-order valence-electron chi connectivity index (χ1n) is 7.89. The third-order valence-corrected chi connectivity index (χ3v) is 4.93. The standard InChI is InChI=1S/C17H22O6/c1-9-15-12(19)6-11(8-21-10(2)18)4-5-14-17(3,23-14)7-13(15)22-16(9)20/h6,12-15,19H,1,4-5,7-8H2,2-3H3. The summed E-state index contributed by atoms with van der Waals surface area (Å²) >= 11 is 0. The van der Waals surface area contributed by atoms with Crippen molar-refractivity contribution in [3.63, 3.8) is 0 Å². The molecule has 0 saturated carbocycles. The van der Waals surface area contributed by atoms with Gasteiger partial charge in [0.05, 0.1) is 23.7 Å². The molecule has 3 rings (SSSR count). The average Bonchev–Trinajstić information content (AvgIpc) is 3.01. The summed E-state index contributed by atoms with van der Waals surface area (Å²) < 4.78 is 16.2. The molecule has 5 atom stereocenters. The molecule has 2 heterocycles. The highest BCUT2D eigenvalue weighted by Gasteiger charge is 2.56. The Labute approximate surface area is 135 Å².